The Morgan fingerprint density at radius 1 is 1.54 bits per heavy atom. The van der Waals surface area contributed by atoms with Crippen LogP contribution >= 0.6 is 0 Å². The highest BCUT2D eigenvalue weighted by molar-refractivity contribution is 4.72. The van der Waals surface area contributed by atoms with Crippen LogP contribution in [0.4, 0.5) is 0 Å². The first-order valence-corrected chi connectivity index (χ1v) is 5.02. The number of hydrogen-bond donors (Lipinski definition) is 2. The van der Waals surface area contributed by atoms with Crippen LogP contribution in [0.25, 0.3) is 0 Å². The standard InChI is InChI=1S/C10H23NO2/c1-4-5-9(2)6-13-8-10(3,12)7-11/h9,12H,4-8,11H2,1-3H3. The topological polar surface area (TPSA) is 55.5 Å². The zero-order chi connectivity index (χ0) is 10.3. The van der Waals surface area contributed by atoms with E-state index in [0.717, 1.165) is 0 Å². The van der Waals surface area contributed by atoms with E-state index in [4.69, 9.17) is 10.5 Å². The van der Waals surface area contributed by atoms with Gasteiger partial charge in [-0.1, -0.05) is 20.3 Å². The fraction of sp³-hybridized carbons (Fsp3) is 1.00. The Morgan fingerprint density at radius 3 is 2.62 bits per heavy atom. The lowest BCUT2D eigenvalue weighted by Crippen LogP contribution is -2.39. The average Bonchev–Trinajstić information content (AvgIpc) is 2.05. The van der Waals surface area contributed by atoms with Gasteiger partial charge in [0.05, 0.1) is 12.2 Å². The Labute approximate surface area is 81.3 Å². The molecule has 0 heterocycles. The summed E-state index contributed by atoms with van der Waals surface area (Å²) in [6, 6.07) is 0. The van der Waals surface area contributed by atoms with Gasteiger partial charge in [0.15, 0.2) is 0 Å². The Bertz CT molecular complexity index is 126. The molecular weight excluding hydrogens is 166 g/mol. The first-order valence-electron chi connectivity index (χ1n) is 5.02. The minimum Gasteiger partial charge on any atom is -0.386 e. The summed E-state index contributed by atoms with van der Waals surface area (Å²) in [4.78, 5) is 0. The van der Waals surface area contributed by atoms with E-state index in [2.05, 4.69) is 13.8 Å². The van der Waals surface area contributed by atoms with Gasteiger partial charge in [-0.25, -0.2) is 0 Å². The van der Waals surface area contributed by atoms with Crippen molar-refractivity contribution in [2.45, 2.75) is 39.2 Å². The van der Waals surface area contributed by atoms with Crippen LogP contribution in [0.5, 0.6) is 0 Å². The number of nitrogens with two attached hydrogens (primary N) is 1. The summed E-state index contributed by atoms with van der Waals surface area (Å²) >= 11 is 0. The van der Waals surface area contributed by atoms with E-state index < -0.39 is 5.60 Å². The fourth-order valence-electron chi connectivity index (χ4n) is 1.12. The van der Waals surface area contributed by atoms with E-state index in [1.54, 1.807) is 6.92 Å². The molecule has 0 spiro atoms. The summed E-state index contributed by atoms with van der Waals surface area (Å²) in [6.07, 6.45) is 2.35. The molecule has 2 atom stereocenters. The molecule has 0 aliphatic carbocycles. The summed E-state index contributed by atoms with van der Waals surface area (Å²) in [5.41, 5.74) is 4.48. The van der Waals surface area contributed by atoms with E-state index in [1.165, 1.54) is 12.8 Å². The molecule has 3 N–H and O–H groups in total. The van der Waals surface area contributed by atoms with Crippen molar-refractivity contribution in [2.75, 3.05) is 19.8 Å². The zero-order valence-electron chi connectivity index (χ0n) is 9.05. The molecule has 13 heavy (non-hydrogen) atoms. The van der Waals surface area contributed by atoms with Crippen molar-refractivity contribution in [1.82, 2.24) is 0 Å². The SMILES string of the molecule is CCCC(C)COCC(C)(O)CN. The zero-order valence-corrected chi connectivity index (χ0v) is 9.05. The lowest BCUT2D eigenvalue weighted by molar-refractivity contribution is -0.0355. The van der Waals surface area contributed by atoms with Gasteiger partial charge in [-0.15, -0.1) is 0 Å². The first kappa shape index (κ1) is 12.9. The van der Waals surface area contributed by atoms with Crippen molar-refractivity contribution in [3.8, 4) is 0 Å². The highest BCUT2D eigenvalue weighted by Gasteiger charge is 2.18. The second kappa shape index (κ2) is 6.35. The smallest absolute Gasteiger partial charge is 0.0973 e. The van der Waals surface area contributed by atoms with Crippen LogP contribution in [0.1, 0.15) is 33.6 Å². The van der Waals surface area contributed by atoms with Crippen molar-refractivity contribution in [3.05, 3.63) is 0 Å². The maximum Gasteiger partial charge on any atom is 0.0973 e. The minimum absolute atomic E-state index is 0.245. The summed E-state index contributed by atoms with van der Waals surface area (Å²) < 4.78 is 5.37. The van der Waals surface area contributed by atoms with Crippen molar-refractivity contribution in [2.24, 2.45) is 11.7 Å². The number of ether oxygens (including phenoxy) is 1. The molecule has 0 fully saturated rings. The molecule has 0 aromatic carbocycles. The van der Waals surface area contributed by atoms with E-state index in [1.807, 2.05) is 0 Å². The Kier molecular flexibility index (Phi) is 6.29. The van der Waals surface area contributed by atoms with Crippen LogP contribution < -0.4 is 5.73 Å². The van der Waals surface area contributed by atoms with Crippen LogP contribution in [-0.2, 0) is 4.74 Å². The Balaban J connectivity index is 3.44. The molecular formula is C10H23NO2. The molecule has 80 valence electrons. The third-order valence-electron chi connectivity index (χ3n) is 2.04. The molecule has 0 aliphatic heterocycles. The highest BCUT2D eigenvalue weighted by Crippen LogP contribution is 2.07. The van der Waals surface area contributed by atoms with Crippen LogP contribution in [0.3, 0.4) is 0 Å². The van der Waals surface area contributed by atoms with Gasteiger partial charge in [0.25, 0.3) is 0 Å². The molecule has 3 heteroatoms. The summed E-state index contributed by atoms with van der Waals surface area (Å²) in [5, 5.41) is 9.52. The summed E-state index contributed by atoms with van der Waals surface area (Å²) in [5.74, 6) is 0.568. The highest BCUT2D eigenvalue weighted by atomic mass is 16.5. The molecule has 0 saturated carbocycles. The maximum atomic E-state index is 9.52. The van der Waals surface area contributed by atoms with E-state index in [0.29, 0.717) is 19.1 Å². The number of aliphatic hydroxyl groups is 1. The van der Waals surface area contributed by atoms with Gasteiger partial charge in [-0.05, 0) is 19.3 Å². The van der Waals surface area contributed by atoms with Crippen molar-refractivity contribution in [3.63, 3.8) is 0 Å². The third kappa shape index (κ3) is 6.99. The maximum absolute atomic E-state index is 9.52. The minimum atomic E-state index is -0.869. The summed E-state index contributed by atoms with van der Waals surface area (Å²) in [7, 11) is 0. The molecule has 3 nitrogen and oxygen atoms in total. The normalized spacial score (nSPS) is 18.2. The molecule has 0 rings (SSSR count). The molecule has 0 aromatic heterocycles. The van der Waals surface area contributed by atoms with Gasteiger partial charge >= 0.3 is 0 Å². The van der Waals surface area contributed by atoms with Crippen molar-refractivity contribution >= 4 is 0 Å². The van der Waals surface area contributed by atoms with Gasteiger partial charge in [0.1, 0.15) is 0 Å². The van der Waals surface area contributed by atoms with E-state index >= 15 is 0 Å². The average molecular weight is 189 g/mol. The van der Waals surface area contributed by atoms with Crippen LogP contribution in [0.2, 0.25) is 0 Å². The largest absolute Gasteiger partial charge is 0.386 e. The van der Waals surface area contributed by atoms with Gasteiger partial charge in [-0.2, -0.15) is 0 Å². The monoisotopic (exact) mass is 189 g/mol. The molecule has 0 aliphatic rings. The second-order valence-corrected chi connectivity index (χ2v) is 4.11. The van der Waals surface area contributed by atoms with Gasteiger partial charge in [-0.3, -0.25) is 0 Å². The molecule has 0 bridgehead atoms. The molecule has 0 saturated heterocycles. The predicted octanol–water partition coefficient (Wildman–Crippen LogP) is 1.15. The van der Waals surface area contributed by atoms with Crippen molar-refractivity contribution in [1.29, 1.82) is 0 Å². The van der Waals surface area contributed by atoms with Crippen LogP contribution in [0, 0.1) is 5.92 Å². The Morgan fingerprint density at radius 2 is 2.15 bits per heavy atom. The van der Waals surface area contributed by atoms with Gasteiger partial charge in [0, 0.05) is 13.2 Å². The van der Waals surface area contributed by atoms with Crippen molar-refractivity contribution < 1.29 is 9.84 Å². The quantitative estimate of drug-likeness (QED) is 0.631. The van der Waals surface area contributed by atoms with Crippen LogP contribution in [-0.4, -0.2) is 30.5 Å². The molecule has 0 aromatic rings. The number of hydrogen-bond acceptors (Lipinski definition) is 3. The molecule has 2 unspecified atom stereocenters. The van der Waals surface area contributed by atoms with Gasteiger partial charge in [0.2, 0.25) is 0 Å². The lowest BCUT2D eigenvalue weighted by atomic mass is 10.1. The van der Waals surface area contributed by atoms with Gasteiger partial charge < -0.3 is 15.6 Å². The fourth-order valence-corrected chi connectivity index (χ4v) is 1.12. The second-order valence-electron chi connectivity index (χ2n) is 4.11. The third-order valence-corrected chi connectivity index (χ3v) is 2.04. The van der Waals surface area contributed by atoms with Crippen LogP contribution in [0.15, 0.2) is 0 Å². The number of rotatable bonds is 7. The van der Waals surface area contributed by atoms with E-state index in [-0.39, 0.29) is 6.54 Å². The first-order chi connectivity index (χ1) is 6.02. The summed E-state index contributed by atoms with van der Waals surface area (Å²) in [6.45, 7) is 7.29. The Hall–Kier alpha value is -0.120. The molecule has 0 amide bonds. The van der Waals surface area contributed by atoms with E-state index in [9.17, 15) is 5.11 Å². The molecule has 0 radical (unpaired) electrons. The predicted molar refractivity (Wildman–Crippen MR) is 54.6 cm³/mol. The lowest BCUT2D eigenvalue weighted by Gasteiger charge is -2.21.